The molecule has 0 radical (unpaired) electrons. The molecule has 0 aromatic heterocycles. The first kappa shape index (κ1) is 6.95. The van der Waals surface area contributed by atoms with Gasteiger partial charge in [-0.3, -0.25) is 0 Å². The second-order valence-electron chi connectivity index (χ2n) is 3.91. The van der Waals surface area contributed by atoms with Crippen LogP contribution in [-0.4, -0.2) is 42.0 Å². The first-order chi connectivity index (χ1) is 5.08. The average Bonchev–Trinajstić information content (AvgIpc) is 2.54. The lowest BCUT2D eigenvalue weighted by Crippen LogP contribution is -2.33. The molecule has 1 spiro atoms. The summed E-state index contributed by atoms with van der Waals surface area (Å²) in [4.78, 5) is 15.1. The number of carbonyl (C=O) groups is 1. The number of carbonyl (C=O) groups excluding carboxylic acids is 1. The van der Waals surface area contributed by atoms with E-state index < -0.39 is 0 Å². The standard InChI is InChI=1S/C8H14N2O/c1-6-4-8(6)5-9(2)7(11)10(8)3/h6H,4-5H2,1-3H3. The molecule has 0 aromatic carbocycles. The lowest BCUT2D eigenvalue weighted by Gasteiger charge is -2.16. The Hall–Kier alpha value is -0.730. The van der Waals surface area contributed by atoms with Gasteiger partial charge in [0.1, 0.15) is 0 Å². The fraction of sp³-hybridized carbons (Fsp3) is 0.875. The summed E-state index contributed by atoms with van der Waals surface area (Å²) in [7, 11) is 3.79. The van der Waals surface area contributed by atoms with Crippen molar-refractivity contribution in [2.45, 2.75) is 18.9 Å². The van der Waals surface area contributed by atoms with Crippen LogP contribution in [-0.2, 0) is 0 Å². The fourth-order valence-corrected chi connectivity index (χ4v) is 2.19. The number of hydrogen-bond acceptors (Lipinski definition) is 1. The highest BCUT2D eigenvalue weighted by Gasteiger charge is 2.60. The molecule has 3 heteroatoms. The van der Waals surface area contributed by atoms with E-state index in [1.807, 2.05) is 23.9 Å². The third-order valence-electron chi connectivity index (χ3n) is 3.21. The second-order valence-corrected chi connectivity index (χ2v) is 3.91. The molecule has 3 nitrogen and oxygen atoms in total. The van der Waals surface area contributed by atoms with Gasteiger partial charge in [-0.15, -0.1) is 0 Å². The van der Waals surface area contributed by atoms with Crippen LogP contribution in [0.1, 0.15) is 13.3 Å². The average molecular weight is 154 g/mol. The van der Waals surface area contributed by atoms with Crippen LogP contribution in [0.25, 0.3) is 0 Å². The summed E-state index contributed by atoms with van der Waals surface area (Å²) in [5, 5.41) is 0. The van der Waals surface area contributed by atoms with Crippen LogP contribution < -0.4 is 0 Å². The molecule has 1 heterocycles. The maximum absolute atomic E-state index is 11.4. The van der Waals surface area contributed by atoms with Gasteiger partial charge in [0, 0.05) is 20.6 Å². The third kappa shape index (κ3) is 0.659. The summed E-state index contributed by atoms with van der Waals surface area (Å²) in [6.45, 7) is 3.13. The van der Waals surface area contributed by atoms with E-state index in [1.165, 1.54) is 6.42 Å². The van der Waals surface area contributed by atoms with Gasteiger partial charge in [-0.05, 0) is 12.3 Å². The fourth-order valence-electron chi connectivity index (χ4n) is 2.19. The van der Waals surface area contributed by atoms with E-state index in [0.29, 0.717) is 5.92 Å². The molecule has 0 N–H and O–H groups in total. The van der Waals surface area contributed by atoms with Crippen LogP contribution >= 0.6 is 0 Å². The van der Waals surface area contributed by atoms with Crippen LogP contribution in [0.3, 0.4) is 0 Å². The van der Waals surface area contributed by atoms with Crippen molar-refractivity contribution in [3.05, 3.63) is 0 Å². The SMILES string of the molecule is CC1CC12CN(C)C(=O)N2C. The smallest absolute Gasteiger partial charge is 0.320 e. The Kier molecular flexibility index (Phi) is 1.08. The lowest BCUT2D eigenvalue weighted by atomic mass is 10.2. The van der Waals surface area contributed by atoms with E-state index in [2.05, 4.69) is 6.92 Å². The van der Waals surface area contributed by atoms with Crippen molar-refractivity contribution in [1.29, 1.82) is 0 Å². The van der Waals surface area contributed by atoms with Crippen LogP contribution in [0.15, 0.2) is 0 Å². The minimum Gasteiger partial charge on any atom is -0.325 e. The third-order valence-corrected chi connectivity index (χ3v) is 3.21. The van der Waals surface area contributed by atoms with Gasteiger partial charge in [-0.25, -0.2) is 4.79 Å². The van der Waals surface area contributed by atoms with Crippen LogP contribution in [0, 0.1) is 5.92 Å². The predicted molar refractivity (Wildman–Crippen MR) is 42.3 cm³/mol. The molecule has 1 aliphatic heterocycles. The molecule has 1 aliphatic carbocycles. The molecule has 2 fully saturated rings. The highest BCUT2D eigenvalue weighted by molar-refractivity contribution is 5.78. The lowest BCUT2D eigenvalue weighted by molar-refractivity contribution is 0.198. The van der Waals surface area contributed by atoms with E-state index in [1.54, 1.807) is 0 Å². The monoisotopic (exact) mass is 154 g/mol. The number of rotatable bonds is 0. The van der Waals surface area contributed by atoms with Crippen LogP contribution in [0.5, 0.6) is 0 Å². The molecule has 2 amide bonds. The molecule has 62 valence electrons. The molecular formula is C8H14N2O. The van der Waals surface area contributed by atoms with E-state index in [4.69, 9.17) is 0 Å². The van der Waals surface area contributed by atoms with Gasteiger partial charge in [-0.1, -0.05) is 6.92 Å². The van der Waals surface area contributed by atoms with Gasteiger partial charge in [0.15, 0.2) is 0 Å². The maximum Gasteiger partial charge on any atom is 0.320 e. The van der Waals surface area contributed by atoms with Crippen LogP contribution in [0.2, 0.25) is 0 Å². The number of amides is 2. The molecular weight excluding hydrogens is 140 g/mol. The summed E-state index contributed by atoms with van der Waals surface area (Å²) in [5.41, 5.74) is 0.214. The van der Waals surface area contributed by atoms with Gasteiger partial charge >= 0.3 is 6.03 Å². The van der Waals surface area contributed by atoms with Crippen molar-refractivity contribution in [3.63, 3.8) is 0 Å². The van der Waals surface area contributed by atoms with Gasteiger partial charge in [0.2, 0.25) is 0 Å². The highest BCUT2D eigenvalue weighted by atomic mass is 16.2. The summed E-state index contributed by atoms with van der Waals surface area (Å²) < 4.78 is 0. The minimum atomic E-state index is 0.175. The molecule has 2 rings (SSSR count). The number of nitrogens with zero attached hydrogens (tertiary/aromatic N) is 2. The molecule has 1 saturated carbocycles. The topological polar surface area (TPSA) is 23.6 Å². The van der Waals surface area contributed by atoms with Gasteiger partial charge in [0.05, 0.1) is 5.54 Å². The van der Waals surface area contributed by atoms with Gasteiger partial charge in [-0.2, -0.15) is 0 Å². The molecule has 2 unspecified atom stereocenters. The largest absolute Gasteiger partial charge is 0.325 e. The quantitative estimate of drug-likeness (QED) is 0.505. The van der Waals surface area contributed by atoms with Crippen LogP contribution in [0.4, 0.5) is 4.79 Å². The summed E-state index contributed by atoms with van der Waals surface area (Å²) in [6, 6.07) is 0.175. The number of likely N-dealkylation sites (N-methyl/N-ethyl adjacent to an activating group) is 2. The van der Waals surface area contributed by atoms with E-state index in [-0.39, 0.29) is 11.6 Å². The van der Waals surface area contributed by atoms with Crippen molar-refractivity contribution in [3.8, 4) is 0 Å². The molecule has 0 aromatic rings. The Labute approximate surface area is 67.0 Å². The summed E-state index contributed by atoms with van der Waals surface area (Å²) in [5.74, 6) is 0.696. The number of urea groups is 1. The Morgan fingerprint density at radius 2 is 2.09 bits per heavy atom. The van der Waals surface area contributed by atoms with Crippen molar-refractivity contribution in [2.75, 3.05) is 20.6 Å². The molecule has 2 aliphatic rings. The Bertz CT molecular complexity index is 216. The Morgan fingerprint density at radius 1 is 1.55 bits per heavy atom. The molecule has 1 saturated heterocycles. The minimum absolute atomic E-state index is 0.175. The maximum atomic E-state index is 11.4. The summed E-state index contributed by atoms with van der Waals surface area (Å²) >= 11 is 0. The Balaban J connectivity index is 2.23. The van der Waals surface area contributed by atoms with E-state index in [9.17, 15) is 4.79 Å². The highest BCUT2D eigenvalue weighted by Crippen LogP contribution is 2.51. The number of hydrogen-bond donors (Lipinski definition) is 0. The molecule has 11 heavy (non-hydrogen) atoms. The summed E-state index contributed by atoms with van der Waals surface area (Å²) in [6.07, 6.45) is 1.18. The van der Waals surface area contributed by atoms with Crippen molar-refractivity contribution in [1.82, 2.24) is 9.80 Å². The zero-order chi connectivity index (χ0) is 8.22. The predicted octanol–water partition coefficient (Wildman–Crippen LogP) is 0.762. The second kappa shape index (κ2) is 1.71. The Morgan fingerprint density at radius 3 is 2.27 bits per heavy atom. The zero-order valence-corrected chi connectivity index (χ0v) is 7.29. The van der Waals surface area contributed by atoms with Gasteiger partial charge in [0.25, 0.3) is 0 Å². The molecule has 2 atom stereocenters. The van der Waals surface area contributed by atoms with E-state index >= 15 is 0 Å². The van der Waals surface area contributed by atoms with Crippen molar-refractivity contribution in [2.24, 2.45) is 5.92 Å². The molecule has 0 bridgehead atoms. The normalized spacial score (nSPS) is 42.5. The first-order valence-electron chi connectivity index (χ1n) is 4.07. The van der Waals surface area contributed by atoms with Gasteiger partial charge < -0.3 is 9.80 Å². The van der Waals surface area contributed by atoms with Crippen molar-refractivity contribution < 1.29 is 4.79 Å². The zero-order valence-electron chi connectivity index (χ0n) is 7.29. The first-order valence-corrected chi connectivity index (χ1v) is 4.07. The van der Waals surface area contributed by atoms with Crippen molar-refractivity contribution >= 4 is 6.03 Å². The van der Waals surface area contributed by atoms with E-state index in [0.717, 1.165) is 6.54 Å².